The molecule has 2 N–H and O–H groups in total. The van der Waals surface area contributed by atoms with E-state index in [1.165, 1.54) is 6.20 Å². The Morgan fingerprint density at radius 1 is 1.11 bits per heavy atom. The molecule has 0 aliphatic carbocycles. The molecule has 0 fully saturated rings. The minimum absolute atomic E-state index is 0.263. The van der Waals surface area contributed by atoms with Gasteiger partial charge in [-0.2, -0.15) is 0 Å². The van der Waals surface area contributed by atoms with Crippen molar-refractivity contribution in [3.63, 3.8) is 0 Å². The molecule has 1 heterocycles. The largest absolute Gasteiger partial charge is 0.372 e. The fourth-order valence-electron chi connectivity index (χ4n) is 2.70. The summed E-state index contributed by atoms with van der Waals surface area (Å²) < 4.78 is 0. The summed E-state index contributed by atoms with van der Waals surface area (Å²) in [6, 6.07) is 6.05. The monoisotopic (exact) mass is 370 g/mol. The maximum atomic E-state index is 12.5. The molecule has 0 spiro atoms. The molecule has 0 aliphatic heterocycles. The summed E-state index contributed by atoms with van der Waals surface area (Å²) in [6.45, 7) is 9.82. The van der Waals surface area contributed by atoms with Crippen LogP contribution in [0.25, 0.3) is 0 Å². The van der Waals surface area contributed by atoms with Crippen LogP contribution in [-0.2, 0) is 0 Å². The number of aromatic nitrogens is 2. The third kappa shape index (κ3) is 5.92. The minimum atomic E-state index is -0.263. The van der Waals surface area contributed by atoms with Gasteiger partial charge in [0.05, 0.1) is 12.4 Å². The van der Waals surface area contributed by atoms with Gasteiger partial charge in [0.2, 0.25) is 0 Å². The zero-order valence-electron chi connectivity index (χ0n) is 16.9. The number of anilines is 3. The highest BCUT2D eigenvalue weighted by Gasteiger charge is 2.11. The van der Waals surface area contributed by atoms with Crippen molar-refractivity contribution in [3.8, 4) is 0 Å². The Bertz CT molecular complexity index is 741. The normalized spacial score (nSPS) is 10.7. The predicted molar refractivity (Wildman–Crippen MR) is 112 cm³/mol. The van der Waals surface area contributed by atoms with Crippen molar-refractivity contribution in [2.24, 2.45) is 0 Å². The molecule has 1 amide bonds. The molecule has 7 nitrogen and oxygen atoms in total. The van der Waals surface area contributed by atoms with Crippen LogP contribution in [0.2, 0.25) is 0 Å². The van der Waals surface area contributed by atoms with E-state index < -0.39 is 0 Å². The van der Waals surface area contributed by atoms with Gasteiger partial charge in [0.15, 0.2) is 0 Å². The number of benzene rings is 1. The lowest BCUT2D eigenvalue weighted by atomic mass is 10.1. The van der Waals surface area contributed by atoms with Crippen molar-refractivity contribution in [2.75, 3.05) is 55.8 Å². The molecule has 0 atom stereocenters. The van der Waals surface area contributed by atoms with E-state index in [0.717, 1.165) is 43.1 Å². The van der Waals surface area contributed by atoms with Crippen LogP contribution in [0.3, 0.4) is 0 Å². The summed E-state index contributed by atoms with van der Waals surface area (Å²) in [5, 5.41) is 6.10. The van der Waals surface area contributed by atoms with Gasteiger partial charge in [0.1, 0.15) is 11.5 Å². The molecule has 0 radical (unpaired) electrons. The number of nitrogens with zero attached hydrogens (tertiary/aromatic N) is 4. The number of rotatable bonds is 9. The fraction of sp³-hybridized carbons (Fsp3) is 0.450. The van der Waals surface area contributed by atoms with Crippen LogP contribution in [0.1, 0.15) is 29.9 Å². The Labute approximate surface area is 161 Å². The van der Waals surface area contributed by atoms with E-state index >= 15 is 0 Å². The van der Waals surface area contributed by atoms with Crippen LogP contribution in [-0.4, -0.2) is 61.0 Å². The first-order valence-electron chi connectivity index (χ1n) is 9.32. The van der Waals surface area contributed by atoms with E-state index in [-0.39, 0.29) is 5.91 Å². The Morgan fingerprint density at radius 3 is 2.41 bits per heavy atom. The highest BCUT2D eigenvalue weighted by molar-refractivity contribution is 6.03. The maximum absolute atomic E-state index is 12.5. The van der Waals surface area contributed by atoms with E-state index in [1.807, 2.05) is 33.2 Å². The van der Waals surface area contributed by atoms with Gasteiger partial charge in [-0.1, -0.05) is 0 Å². The number of likely N-dealkylation sites (N-methyl/N-ethyl adjacent to an activating group) is 1. The molecule has 0 saturated heterocycles. The number of hydrogen-bond donors (Lipinski definition) is 2. The molecule has 27 heavy (non-hydrogen) atoms. The molecule has 0 aliphatic rings. The Kier molecular flexibility index (Phi) is 7.55. The van der Waals surface area contributed by atoms with E-state index in [2.05, 4.69) is 50.3 Å². The lowest BCUT2D eigenvalue weighted by molar-refractivity contribution is 0.102. The van der Waals surface area contributed by atoms with E-state index in [9.17, 15) is 4.79 Å². The van der Waals surface area contributed by atoms with Gasteiger partial charge in [0, 0.05) is 37.6 Å². The number of aryl methyl sites for hydroxylation is 1. The van der Waals surface area contributed by atoms with Gasteiger partial charge in [-0.05, 0) is 58.6 Å². The highest BCUT2D eigenvalue weighted by Crippen LogP contribution is 2.23. The fourth-order valence-corrected chi connectivity index (χ4v) is 2.70. The van der Waals surface area contributed by atoms with Crippen molar-refractivity contribution >= 4 is 23.1 Å². The number of amides is 1. The van der Waals surface area contributed by atoms with Crippen LogP contribution >= 0.6 is 0 Å². The number of hydrogen-bond acceptors (Lipinski definition) is 6. The van der Waals surface area contributed by atoms with Crippen LogP contribution < -0.4 is 15.5 Å². The first kappa shape index (κ1) is 20.6. The average molecular weight is 371 g/mol. The molecular weight excluding hydrogens is 340 g/mol. The first-order valence-corrected chi connectivity index (χ1v) is 9.32. The SMILES string of the molecule is CCN(CC)c1ccc(NC(=O)c2cnc(NCCN(C)C)cn2)c(C)c1. The summed E-state index contributed by atoms with van der Waals surface area (Å²) in [6.07, 6.45) is 3.08. The van der Waals surface area contributed by atoms with Crippen LogP contribution in [0.4, 0.5) is 17.2 Å². The molecule has 1 aromatic heterocycles. The Morgan fingerprint density at radius 2 is 1.85 bits per heavy atom. The molecule has 0 unspecified atom stereocenters. The molecule has 1 aromatic carbocycles. The summed E-state index contributed by atoms with van der Waals surface area (Å²) >= 11 is 0. The van der Waals surface area contributed by atoms with Gasteiger partial charge >= 0.3 is 0 Å². The summed E-state index contributed by atoms with van der Waals surface area (Å²) in [5.41, 5.74) is 3.25. The van der Waals surface area contributed by atoms with E-state index in [4.69, 9.17) is 0 Å². The minimum Gasteiger partial charge on any atom is -0.372 e. The second-order valence-corrected chi connectivity index (χ2v) is 6.64. The summed E-state index contributed by atoms with van der Waals surface area (Å²) in [7, 11) is 4.02. The smallest absolute Gasteiger partial charge is 0.275 e. The zero-order valence-corrected chi connectivity index (χ0v) is 16.9. The predicted octanol–water partition coefficient (Wildman–Crippen LogP) is 2.86. The number of nitrogens with one attached hydrogen (secondary N) is 2. The topological polar surface area (TPSA) is 73.4 Å². The molecule has 7 heteroatoms. The third-order valence-electron chi connectivity index (χ3n) is 4.34. The van der Waals surface area contributed by atoms with Gasteiger partial charge < -0.3 is 20.4 Å². The Hall–Kier alpha value is -2.67. The molecule has 0 saturated carbocycles. The Balaban J connectivity index is 2.00. The van der Waals surface area contributed by atoms with Crippen LogP contribution in [0.5, 0.6) is 0 Å². The van der Waals surface area contributed by atoms with E-state index in [0.29, 0.717) is 11.5 Å². The van der Waals surface area contributed by atoms with E-state index in [1.54, 1.807) is 6.20 Å². The average Bonchev–Trinajstić information content (AvgIpc) is 2.65. The van der Waals surface area contributed by atoms with Crippen molar-refractivity contribution in [1.29, 1.82) is 0 Å². The van der Waals surface area contributed by atoms with Crippen molar-refractivity contribution in [2.45, 2.75) is 20.8 Å². The lowest BCUT2D eigenvalue weighted by Gasteiger charge is -2.22. The first-order chi connectivity index (χ1) is 12.9. The number of carbonyl (C=O) groups excluding carboxylic acids is 1. The van der Waals surface area contributed by atoms with Gasteiger partial charge in [-0.25, -0.2) is 9.97 Å². The van der Waals surface area contributed by atoms with Crippen LogP contribution in [0.15, 0.2) is 30.6 Å². The second kappa shape index (κ2) is 9.87. The molecular formula is C20H30N6O. The molecule has 2 aromatic rings. The van der Waals surface area contributed by atoms with Gasteiger partial charge in [0.25, 0.3) is 5.91 Å². The maximum Gasteiger partial charge on any atom is 0.275 e. The van der Waals surface area contributed by atoms with Crippen molar-refractivity contribution in [3.05, 3.63) is 41.9 Å². The van der Waals surface area contributed by atoms with Crippen molar-refractivity contribution in [1.82, 2.24) is 14.9 Å². The zero-order chi connectivity index (χ0) is 19.8. The standard InChI is InChI=1S/C20H30N6O/c1-6-26(7-2)16-8-9-17(15(3)12-16)24-20(27)18-13-23-19(14-22-18)21-10-11-25(4)5/h8-9,12-14H,6-7,10-11H2,1-5H3,(H,21,23)(H,24,27). The molecule has 2 rings (SSSR count). The molecule has 0 bridgehead atoms. The van der Waals surface area contributed by atoms with Crippen molar-refractivity contribution < 1.29 is 4.79 Å². The summed E-state index contributed by atoms with van der Waals surface area (Å²) in [5.74, 6) is 0.397. The van der Waals surface area contributed by atoms with Gasteiger partial charge in [-0.3, -0.25) is 4.79 Å². The highest BCUT2D eigenvalue weighted by atomic mass is 16.1. The quantitative estimate of drug-likeness (QED) is 0.707. The second-order valence-electron chi connectivity index (χ2n) is 6.64. The summed E-state index contributed by atoms with van der Waals surface area (Å²) in [4.78, 5) is 25.3. The third-order valence-corrected chi connectivity index (χ3v) is 4.34. The van der Waals surface area contributed by atoms with Crippen LogP contribution in [0, 0.1) is 6.92 Å². The molecule has 146 valence electrons. The van der Waals surface area contributed by atoms with Gasteiger partial charge in [-0.15, -0.1) is 0 Å². The lowest BCUT2D eigenvalue weighted by Crippen LogP contribution is -2.22. The number of carbonyl (C=O) groups is 1.